The molecule has 4 aromatic rings. The lowest BCUT2D eigenvalue weighted by Crippen LogP contribution is -2.45. The van der Waals surface area contributed by atoms with Crippen LogP contribution in [0.1, 0.15) is 72.3 Å². The Morgan fingerprint density at radius 3 is 2.23 bits per heavy atom. The Balaban J connectivity index is 1.19. The van der Waals surface area contributed by atoms with Crippen molar-refractivity contribution >= 4 is 21.6 Å². The molecule has 0 spiro atoms. The molecule has 1 saturated heterocycles. The predicted octanol–water partition coefficient (Wildman–Crippen LogP) is 6.99. The van der Waals surface area contributed by atoms with Crippen molar-refractivity contribution in [1.29, 1.82) is 0 Å². The van der Waals surface area contributed by atoms with Crippen molar-refractivity contribution in [2.45, 2.75) is 87.5 Å². The van der Waals surface area contributed by atoms with Crippen LogP contribution >= 0.6 is 0 Å². The molecule has 6 rings (SSSR count). The summed E-state index contributed by atoms with van der Waals surface area (Å²) in [5.41, 5.74) is 4.94. The lowest BCUT2D eigenvalue weighted by molar-refractivity contribution is -0.253. The van der Waals surface area contributed by atoms with Crippen LogP contribution < -0.4 is 10.0 Å². The van der Waals surface area contributed by atoms with Gasteiger partial charge in [-0.2, -0.15) is 4.72 Å². The molecule has 274 valence electrons. The number of aliphatic hydroxyl groups excluding tert-OH is 1. The predicted molar refractivity (Wildman–Crippen MR) is 203 cm³/mol. The van der Waals surface area contributed by atoms with Crippen molar-refractivity contribution < 1.29 is 27.8 Å². The third kappa shape index (κ3) is 9.83. The number of anilines is 1. The Kier molecular flexibility index (Phi) is 12.7. The highest BCUT2D eigenvalue weighted by Gasteiger charge is 2.35. The van der Waals surface area contributed by atoms with E-state index in [-0.39, 0.29) is 30.1 Å². The maximum absolute atomic E-state index is 13.7. The van der Waals surface area contributed by atoms with Crippen LogP contribution in [-0.4, -0.2) is 55.6 Å². The summed E-state index contributed by atoms with van der Waals surface area (Å²) < 4.78 is 42.5. The van der Waals surface area contributed by atoms with E-state index in [0.29, 0.717) is 18.2 Å². The zero-order chi connectivity index (χ0) is 36.5. The number of rotatable bonds is 15. The van der Waals surface area contributed by atoms with Gasteiger partial charge < -0.3 is 19.9 Å². The van der Waals surface area contributed by atoms with Crippen molar-refractivity contribution in [3.8, 4) is 0 Å². The van der Waals surface area contributed by atoms with Gasteiger partial charge in [-0.1, -0.05) is 103 Å². The van der Waals surface area contributed by atoms with E-state index in [1.807, 2.05) is 79.7 Å². The van der Waals surface area contributed by atoms with Crippen molar-refractivity contribution in [2.24, 2.45) is 0 Å². The van der Waals surface area contributed by atoms with E-state index < -0.39 is 28.3 Å². The number of ether oxygens (including phenoxy) is 2. The normalized spacial score (nSPS) is 20.1. The fraction of sp³-hybridized carbons (Fsp3) is 0.357. The number of amides is 1. The summed E-state index contributed by atoms with van der Waals surface area (Å²) in [6, 6.07) is 30.5. The topological polar surface area (TPSA) is 117 Å². The molecular formula is C42H49N3O6S. The minimum absolute atomic E-state index is 0.0213. The molecule has 1 saturated carbocycles. The fourth-order valence-corrected chi connectivity index (χ4v) is 8.26. The number of benzene rings is 4. The van der Waals surface area contributed by atoms with Gasteiger partial charge in [-0.15, -0.1) is 6.58 Å². The van der Waals surface area contributed by atoms with Crippen LogP contribution in [0, 0.1) is 6.92 Å². The summed E-state index contributed by atoms with van der Waals surface area (Å²) in [6.45, 7) is 7.43. The van der Waals surface area contributed by atoms with E-state index in [2.05, 4.69) is 21.5 Å². The summed E-state index contributed by atoms with van der Waals surface area (Å²) in [4.78, 5) is 16.3. The Morgan fingerprint density at radius 2 is 1.58 bits per heavy atom. The number of aryl methyl sites for hydroxylation is 1. The van der Waals surface area contributed by atoms with Crippen LogP contribution in [0.3, 0.4) is 0 Å². The van der Waals surface area contributed by atoms with Gasteiger partial charge in [0, 0.05) is 36.8 Å². The number of nitrogens with one attached hydrogen (secondary N) is 2. The molecule has 2 fully saturated rings. The van der Waals surface area contributed by atoms with Gasteiger partial charge in [0.25, 0.3) is 0 Å². The third-order valence-electron chi connectivity index (χ3n) is 9.94. The highest BCUT2D eigenvalue weighted by atomic mass is 32.2. The zero-order valence-corrected chi connectivity index (χ0v) is 30.5. The van der Waals surface area contributed by atoms with E-state index in [9.17, 15) is 18.3 Å². The van der Waals surface area contributed by atoms with E-state index in [4.69, 9.17) is 9.47 Å². The van der Waals surface area contributed by atoms with Gasteiger partial charge >= 0.3 is 0 Å². The summed E-state index contributed by atoms with van der Waals surface area (Å²) >= 11 is 0. The first-order valence-electron chi connectivity index (χ1n) is 18.1. The zero-order valence-electron chi connectivity index (χ0n) is 29.7. The van der Waals surface area contributed by atoms with Crippen molar-refractivity contribution in [2.75, 3.05) is 18.4 Å². The summed E-state index contributed by atoms with van der Waals surface area (Å²) in [6.07, 6.45) is 6.70. The minimum Gasteiger partial charge on any atom is -0.392 e. The minimum atomic E-state index is -3.98. The van der Waals surface area contributed by atoms with Gasteiger partial charge in [-0.3, -0.25) is 9.69 Å². The first-order chi connectivity index (χ1) is 25.2. The molecule has 0 unspecified atom stereocenters. The molecule has 0 aromatic heterocycles. The van der Waals surface area contributed by atoms with Crippen LogP contribution in [0.15, 0.2) is 121 Å². The second-order valence-corrected chi connectivity index (χ2v) is 15.5. The molecule has 0 bridgehead atoms. The van der Waals surface area contributed by atoms with E-state index in [0.717, 1.165) is 40.9 Å². The molecule has 4 atom stereocenters. The monoisotopic (exact) mass is 723 g/mol. The Hall–Kier alpha value is -4.16. The number of aliphatic hydroxyl groups is 1. The Morgan fingerprint density at radius 1 is 0.904 bits per heavy atom. The number of carbonyl (C=O) groups is 1. The second-order valence-electron chi connectivity index (χ2n) is 13.8. The van der Waals surface area contributed by atoms with E-state index in [1.54, 1.807) is 24.3 Å². The molecular weight excluding hydrogens is 675 g/mol. The SMILES string of the molecule is C=CCN(C[C@H]1C[C@@H](c2ccc(CO)cc2)O[C@@H](c2ccc(NC(=O)[C@@H](Cc3ccccc3)NS(=O)(=O)c3ccc(C)cc3)cc2)O1)C1CCCC1. The molecule has 10 heteroatoms. The highest BCUT2D eigenvalue weighted by Crippen LogP contribution is 2.39. The smallest absolute Gasteiger partial charge is 0.242 e. The summed E-state index contributed by atoms with van der Waals surface area (Å²) in [7, 11) is -3.98. The van der Waals surface area contributed by atoms with E-state index in [1.165, 1.54) is 37.8 Å². The molecule has 2 aliphatic rings. The fourth-order valence-electron chi connectivity index (χ4n) is 7.07. The van der Waals surface area contributed by atoms with Crippen molar-refractivity contribution in [3.05, 3.63) is 144 Å². The van der Waals surface area contributed by atoms with Gasteiger partial charge in [0.15, 0.2) is 6.29 Å². The standard InChI is InChI=1S/C42H49N3O6S/c1-3-25-45(36-11-7-8-12-36)28-37-27-40(33-17-15-32(29-46)16-18-33)51-42(50-37)34-19-21-35(22-20-34)43-41(47)39(26-31-9-5-4-6-10-31)44-52(48,49)38-23-13-30(2)14-24-38/h3-6,9-10,13-24,36-37,39-40,42,44,46H,1,7-8,11-12,25-29H2,2H3,(H,43,47)/t37-,39-,40+,42+/m1/s1. The lowest BCUT2D eigenvalue weighted by atomic mass is 9.99. The molecule has 1 heterocycles. The van der Waals surface area contributed by atoms with Gasteiger partial charge in [-0.05, 0) is 67.1 Å². The molecule has 9 nitrogen and oxygen atoms in total. The maximum Gasteiger partial charge on any atom is 0.242 e. The van der Waals surface area contributed by atoms with Gasteiger partial charge in [0.2, 0.25) is 15.9 Å². The molecule has 1 aliphatic heterocycles. The van der Waals surface area contributed by atoms with Crippen molar-refractivity contribution in [3.63, 3.8) is 0 Å². The molecule has 1 amide bonds. The third-order valence-corrected chi connectivity index (χ3v) is 11.4. The second kappa shape index (κ2) is 17.6. The Bertz CT molecular complexity index is 1860. The molecule has 4 aromatic carbocycles. The largest absolute Gasteiger partial charge is 0.392 e. The summed E-state index contributed by atoms with van der Waals surface area (Å²) in [5, 5.41) is 12.5. The van der Waals surface area contributed by atoms with Gasteiger partial charge in [-0.25, -0.2) is 8.42 Å². The number of sulfonamides is 1. The highest BCUT2D eigenvalue weighted by molar-refractivity contribution is 7.89. The lowest BCUT2D eigenvalue weighted by Gasteiger charge is -2.39. The number of carbonyl (C=O) groups excluding carboxylic acids is 1. The average molecular weight is 724 g/mol. The molecule has 52 heavy (non-hydrogen) atoms. The van der Waals surface area contributed by atoms with Crippen LogP contribution in [0.2, 0.25) is 0 Å². The average Bonchev–Trinajstić information content (AvgIpc) is 3.71. The quantitative estimate of drug-likeness (QED) is 0.113. The van der Waals surface area contributed by atoms with Gasteiger partial charge in [0.05, 0.1) is 23.7 Å². The maximum atomic E-state index is 13.7. The Labute approximate surface area is 307 Å². The number of nitrogens with zero attached hydrogens (tertiary/aromatic N) is 1. The first kappa shape index (κ1) is 37.6. The number of hydrogen-bond acceptors (Lipinski definition) is 7. The molecule has 0 radical (unpaired) electrons. The molecule has 1 aliphatic carbocycles. The summed E-state index contributed by atoms with van der Waals surface area (Å²) in [5.74, 6) is -0.474. The first-order valence-corrected chi connectivity index (χ1v) is 19.6. The van der Waals surface area contributed by atoms with Crippen LogP contribution in [0.25, 0.3) is 0 Å². The number of hydrogen-bond donors (Lipinski definition) is 3. The van der Waals surface area contributed by atoms with Crippen LogP contribution in [-0.2, 0) is 37.3 Å². The molecule has 3 N–H and O–H groups in total. The van der Waals surface area contributed by atoms with E-state index >= 15 is 0 Å². The van der Waals surface area contributed by atoms with Crippen molar-refractivity contribution in [1.82, 2.24) is 9.62 Å². The van der Waals surface area contributed by atoms with Crippen LogP contribution in [0.5, 0.6) is 0 Å². The van der Waals surface area contributed by atoms with Crippen LogP contribution in [0.4, 0.5) is 5.69 Å². The van der Waals surface area contributed by atoms with Gasteiger partial charge in [0.1, 0.15) is 6.04 Å².